The van der Waals surface area contributed by atoms with Gasteiger partial charge in [0.15, 0.2) is 0 Å². The van der Waals surface area contributed by atoms with Gasteiger partial charge in [0, 0.05) is 18.7 Å². The molecule has 2 fully saturated rings. The minimum atomic E-state index is -0.682. The molecule has 1 saturated heterocycles. The van der Waals surface area contributed by atoms with E-state index in [0.717, 1.165) is 25.1 Å². The van der Waals surface area contributed by atoms with E-state index in [2.05, 4.69) is 4.90 Å². The second-order valence-corrected chi connectivity index (χ2v) is 6.28. The molecular weight excluding hydrogens is 268 g/mol. The van der Waals surface area contributed by atoms with Crippen molar-refractivity contribution in [3.8, 4) is 0 Å². The molecule has 0 spiro atoms. The Morgan fingerprint density at radius 1 is 1.33 bits per heavy atom. The lowest BCUT2D eigenvalue weighted by molar-refractivity contribution is -0.384. The van der Waals surface area contributed by atoms with Gasteiger partial charge in [0.1, 0.15) is 5.69 Å². The van der Waals surface area contributed by atoms with E-state index in [9.17, 15) is 15.2 Å². The summed E-state index contributed by atoms with van der Waals surface area (Å²) in [6.45, 7) is 2.54. The van der Waals surface area contributed by atoms with E-state index in [1.165, 1.54) is 25.3 Å². The first kappa shape index (κ1) is 14.3. The van der Waals surface area contributed by atoms with E-state index in [0.29, 0.717) is 17.5 Å². The molecule has 1 aliphatic carbocycles. The van der Waals surface area contributed by atoms with Crippen LogP contribution in [0, 0.1) is 16.0 Å². The highest BCUT2D eigenvalue weighted by molar-refractivity contribution is 5.65. The maximum Gasteiger partial charge on any atom is 0.292 e. The standard InChI is InChI=1S/C16H22N2O3/c1-11(19)13-6-7-15(16(10-13)18(20)21)17-9-8-12-4-2-3-5-14(12)17/h6-7,10-12,14,19H,2-5,8-9H2,1H3. The number of hydrogen-bond donors (Lipinski definition) is 1. The van der Waals surface area contributed by atoms with Crippen LogP contribution in [0.5, 0.6) is 0 Å². The molecule has 21 heavy (non-hydrogen) atoms. The highest BCUT2D eigenvalue weighted by Gasteiger charge is 2.38. The monoisotopic (exact) mass is 290 g/mol. The number of nitro benzene ring substituents is 1. The van der Waals surface area contributed by atoms with E-state index in [4.69, 9.17) is 0 Å². The summed E-state index contributed by atoms with van der Waals surface area (Å²) in [5.74, 6) is 0.690. The zero-order valence-electron chi connectivity index (χ0n) is 12.4. The molecule has 1 heterocycles. The first-order chi connectivity index (χ1) is 10.1. The summed E-state index contributed by atoms with van der Waals surface area (Å²) in [6, 6.07) is 5.60. The van der Waals surface area contributed by atoms with Gasteiger partial charge in [-0.2, -0.15) is 0 Å². The molecule has 0 bridgehead atoms. The molecule has 1 saturated carbocycles. The zero-order chi connectivity index (χ0) is 15.0. The molecule has 3 unspecified atom stereocenters. The first-order valence-corrected chi connectivity index (χ1v) is 7.81. The predicted molar refractivity (Wildman–Crippen MR) is 81.4 cm³/mol. The van der Waals surface area contributed by atoms with Crippen LogP contribution in [0.15, 0.2) is 18.2 Å². The molecule has 5 heteroatoms. The Labute approximate surface area is 124 Å². The van der Waals surface area contributed by atoms with Gasteiger partial charge in [-0.3, -0.25) is 10.1 Å². The van der Waals surface area contributed by atoms with Crippen molar-refractivity contribution in [2.45, 2.75) is 51.2 Å². The number of anilines is 1. The van der Waals surface area contributed by atoms with Gasteiger partial charge in [0.05, 0.1) is 11.0 Å². The fraction of sp³-hybridized carbons (Fsp3) is 0.625. The summed E-state index contributed by atoms with van der Waals surface area (Å²) in [4.78, 5) is 13.3. The average Bonchev–Trinajstić information content (AvgIpc) is 2.90. The molecule has 1 aliphatic heterocycles. The van der Waals surface area contributed by atoms with E-state index < -0.39 is 6.10 Å². The van der Waals surface area contributed by atoms with Crippen LogP contribution in [0.1, 0.15) is 50.7 Å². The summed E-state index contributed by atoms with van der Waals surface area (Å²) in [5, 5.41) is 21.0. The van der Waals surface area contributed by atoms with Crippen molar-refractivity contribution in [1.29, 1.82) is 0 Å². The van der Waals surface area contributed by atoms with Crippen LogP contribution in [0.25, 0.3) is 0 Å². The minimum Gasteiger partial charge on any atom is -0.389 e. The van der Waals surface area contributed by atoms with Crippen molar-refractivity contribution < 1.29 is 10.0 Å². The Morgan fingerprint density at radius 3 is 2.81 bits per heavy atom. The van der Waals surface area contributed by atoms with Gasteiger partial charge in [-0.15, -0.1) is 0 Å². The third-order valence-electron chi connectivity index (χ3n) is 5.00. The van der Waals surface area contributed by atoms with E-state index >= 15 is 0 Å². The van der Waals surface area contributed by atoms with E-state index in [1.54, 1.807) is 6.92 Å². The molecule has 0 amide bonds. The number of benzene rings is 1. The Morgan fingerprint density at radius 2 is 2.10 bits per heavy atom. The van der Waals surface area contributed by atoms with Crippen LogP contribution >= 0.6 is 0 Å². The Balaban J connectivity index is 1.96. The molecule has 1 N–H and O–H groups in total. The lowest BCUT2D eigenvalue weighted by atomic mass is 9.85. The molecule has 3 atom stereocenters. The van der Waals surface area contributed by atoms with Gasteiger partial charge < -0.3 is 10.0 Å². The van der Waals surface area contributed by atoms with Crippen molar-refractivity contribution in [3.63, 3.8) is 0 Å². The zero-order valence-corrected chi connectivity index (χ0v) is 12.4. The lowest BCUT2D eigenvalue weighted by Crippen LogP contribution is -2.35. The van der Waals surface area contributed by atoms with Crippen LogP contribution in [-0.4, -0.2) is 22.6 Å². The number of fused-ring (bicyclic) bond motifs is 1. The smallest absolute Gasteiger partial charge is 0.292 e. The number of aliphatic hydroxyl groups is 1. The fourth-order valence-corrected chi connectivity index (χ4v) is 3.89. The molecule has 5 nitrogen and oxygen atoms in total. The van der Waals surface area contributed by atoms with Crippen molar-refractivity contribution in [2.75, 3.05) is 11.4 Å². The highest BCUT2D eigenvalue weighted by Crippen LogP contribution is 2.42. The summed E-state index contributed by atoms with van der Waals surface area (Å²) in [5.41, 5.74) is 1.45. The molecule has 1 aromatic carbocycles. The maximum atomic E-state index is 11.4. The SMILES string of the molecule is CC(O)c1ccc(N2CCC3CCCCC32)c([N+](=O)[O-])c1. The normalized spacial score (nSPS) is 26.5. The quantitative estimate of drug-likeness (QED) is 0.684. The Kier molecular flexibility index (Phi) is 3.85. The Hall–Kier alpha value is -1.62. The summed E-state index contributed by atoms with van der Waals surface area (Å²) >= 11 is 0. The van der Waals surface area contributed by atoms with E-state index in [-0.39, 0.29) is 10.6 Å². The largest absolute Gasteiger partial charge is 0.389 e. The third-order valence-corrected chi connectivity index (χ3v) is 5.00. The highest BCUT2D eigenvalue weighted by atomic mass is 16.6. The number of hydrogen-bond acceptors (Lipinski definition) is 4. The fourth-order valence-electron chi connectivity index (χ4n) is 3.89. The minimum absolute atomic E-state index is 0.125. The van der Waals surface area contributed by atoms with Crippen LogP contribution in [0.3, 0.4) is 0 Å². The number of rotatable bonds is 3. The van der Waals surface area contributed by atoms with Crippen LogP contribution in [0.2, 0.25) is 0 Å². The predicted octanol–water partition coefficient (Wildman–Crippen LogP) is 3.42. The van der Waals surface area contributed by atoms with Gasteiger partial charge in [-0.05, 0) is 43.7 Å². The third kappa shape index (κ3) is 2.62. The number of aliphatic hydroxyl groups excluding tert-OH is 1. The molecule has 0 aromatic heterocycles. The summed E-state index contributed by atoms with van der Waals surface area (Å²) in [6.07, 6.45) is 5.36. The van der Waals surface area contributed by atoms with Gasteiger partial charge in [-0.25, -0.2) is 0 Å². The molecular formula is C16H22N2O3. The van der Waals surface area contributed by atoms with Gasteiger partial charge in [0.2, 0.25) is 0 Å². The van der Waals surface area contributed by atoms with Crippen LogP contribution in [0.4, 0.5) is 11.4 Å². The van der Waals surface area contributed by atoms with Crippen LogP contribution in [-0.2, 0) is 0 Å². The van der Waals surface area contributed by atoms with Gasteiger partial charge in [0.25, 0.3) is 5.69 Å². The van der Waals surface area contributed by atoms with Crippen molar-refractivity contribution >= 4 is 11.4 Å². The summed E-state index contributed by atoms with van der Waals surface area (Å²) < 4.78 is 0. The van der Waals surface area contributed by atoms with Crippen LogP contribution < -0.4 is 4.90 Å². The lowest BCUT2D eigenvalue weighted by Gasteiger charge is -2.33. The van der Waals surface area contributed by atoms with Crippen molar-refractivity contribution in [2.24, 2.45) is 5.92 Å². The van der Waals surface area contributed by atoms with Crippen molar-refractivity contribution in [1.82, 2.24) is 0 Å². The molecule has 114 valence electrons. The molecule has 3 rings (SSSR count). The van der Waals surface area contributed by atoms with Gasteiger partial charge in [-0.1, -0.05) is 18.9 Å². The molecule has 2 aliphatic rings. The maximum absolute atomic E-state index is 11.4. The number of nitrogens with zero attached hydrogens (tertiary/aromatic N) is 2. The first-order valence-electron chi connectivity index (χ1n) is 7.81. The topological polar surface area (TPSA) is 66.6 Å². The molecule has 0 radical (unpaired) electrons. The number of nitro groups is 1. The molecule has 1 aromatic rings. The second-order valence-electron chi connectivity index (χ2n) is 6.28. The van der Waals surface area contributed by atoms with Crippen molar-refractivity contribution in [3.05, 3.63) is 33.9 Å². The van der Waals surface area contributed by atoms with E-state index in [1.807, 2.05) is 12.1 Å². The van der Waals surface area contributed by atoms with Gasteiger partial charge >= 0.3 is 0 Å². The second kappa shape index (κ2) is 5.64. The summed E-state index contributed by atoms with van der Waals surface area (Å²) in [7, 11) is 0. The average molecular weight is 290 g/mol. The Bertz CT molecular complexity index is 544.